The average molecular weight is 397 g/mol. The summed E-state index contributed by atoms with van der Waals surface area (Å²) in [5.41, 5.74) is 0. The monoisotopic (exact) mass is 396 g/mol. The van der Waals surface area contributed by atoms with Crippen LogP contribution in [0.3, 0.4) is 0 Å². The number of hydrogen-bond acceptors (Lipinski definition) is 4. The van der Waals surface area contributed by atoms with Gasteiger partial charge in [0.2, 0.25) is 0 Å². The molecule has 0 fully saturated rings. The maximum absolute atomic E-state index is 9.75. The number of nitriles is 4. The second-order valence-electron chi connectivity index (χ2n) is 1.88. The molecule has 0 saturated carbocycles. The van der Waals surface area contributed by atoms with Crippen LogP contribution in [-0.4, -0.2) is 14.5 Å². The van der Waals surface area contributed by atoms with Gasteiger partial charge in [0.25, 0.3) is 0 Å². The molecule has 23 heavy (non-hydrogen) atoms. The normalized spacial score (nSPS) is 6.61. The second-order valence-corrected chi connectivity index (χ2v) is 1.88. The topological polar surface area (TPSA) is 95.2 Å². The van der Waals surface area contributed by atoms with E-state index in [1.54, 1.807) is 24.3 Å². The summed E-state index contributed by atoms with van der Waals surface area (Å²) in [6, 6.07) is 7.00. The van der Waals surface area contributed by atoms with Crippen molar-refractivity contribution in [1.82, 2.24) is 0 Å². The van der Waals surface area contributed by atoms with Gasteiger partial charge in [0.05, 0.1) is 24.3 Å². The maximum atomic E-state index is 9.75. The van der Waals surface area contributed by atoms with Crippen LogP contribution in [0.15, 0.2) is 0 Å². The quantitative estimate of drug-likeness (QED) is 0.437. The zero-order valence-electron chi connectivity index (χ0n) is 12.3. The molecule has 0 spiro atoms. The van der Waals surface area contributed by atoms with Crippen LogP contribution in [0.4, 0.5) is 34.5 Å². The Morgan fingerprint density at radius 1 is 0.478 bits per heavy atom. The zero-order chi connectivity index (χ0) is 19.8. The largest absolute Gasteiger partial charge is 2.00 e. The van der Waals surface area contributed by atoms with Crippen molar-refractivity contribution in [3.05, 3.63) is 0 Å². The molecule has 0 amide bonds. The Kier molecular flexibility index (Phi) is 68.7. The minimum absolute atomic E-state index is 0. The molecule has 0 rings (SSSR count). The van der Waals surface area contributed by atoms with E-state index in [0.29, 0.717) is 0 Å². The second kappa shape index (κ2) is 36.8. The van der Waals surface area contributed by atoms with E-state index in [-0.39, 0.29) is 16.5 Å². The van der Waals surface area contributed by atoms with Crippen molar-refractivity contribution < 1.29 is 51.0 Å². The number of rotatable bonds is 0. The summed E-state index contributed by atoms with van der Waals surface area (Å²) in [6.45, 7) is 5.72. The Morgan fingerprint density at radius 3 is 0.478 bits per heavy atom. The third-order valence-corrected chi connectivity index (χ3v) is 0. The van der Waals surface area contributed by atoms with Gasteiger partial charge in [0, 0.05) is 27.7 Å². The van der Waals surface area contributed by atoms with E-state index in [1.165, 1.54) is 27.7 Å². The van der Waals surface area contributed by atoms with Gasteiger partial charge in [0.1, 0.15) is 0 Å². The van der Waals surface area contributed by atoms with Gasteiger partial charge < -0.3 is 34.5 Å². The van der Waals surface area contributed by atoms with E-state index in [4.69, 9.17) is 21.0 Å². The molecule has 0 aliphatic rings. The number of hydrogen-bond donors (Lipinski definition) is 0. The SMILES string of the molecule is CC#N.CC#N.CC#N.CC#N.F[B-](F)(F)F.F[B-](F)(F)F.[Ni+2]. The van der Waals surface area contributed by atoms with E-state index in [2.05, 4.69) is 0 Å². The Labute approximate surface area is 139 Å². The first-order chi connectivity index (χ1) is 9.66. The van der Waals surface area contributed by atoms with Crippen LogP contribution in [0.5, 0.6) is 0 Å². The summed E-state index contributed by atoms with van der Waals surface area (Å²) in [7, 11) is -12.0. The molecule has 136 valence electrons. The van der Waals surface area contributed by atoms with E-state index in [9.17, 15) is 34.5 Å². The Balaban J connectivity index is -0.0000000270. The molecular formula is C8H12B2F8N4Ni. The van der Waals surface area contributed by atoms with Crippen molar-refractivity contribution in [1.29, 1.82) is 21.0 Å². The summed E-state index contributed by atoms with van der Waals surface area (Å²) in [6.07, 6.45) is 0. The van der Waals surface area contributed by atoms with Crippen LogP contribution >= 0.6 is 0 Å². The predicted octanol–water partition coefficient (Wildman–Crippen LogP) is 4.72. The molecule has 0 aromatic heterocycles. The van der Waals surface area contributed by atoms with Crippen LogP contribution in [-0.2, 0) is 16.5 Å². The summed E-state index contributed by atoms with van der Waals surface area (Å²) < 4.78 is 78.0. The van der Waals surface area contributed by atoms with E-state index < -0.39 is 14.5 Å². The summed E-state index contributed by atoms with van der Waals surface area (Å²) in [4.78, 5) is 0. The molecule has 0 aliphatic heterocycles. The first-order valence-corrected chi connectivity index (χ1v) is 4.64. The predicted molar refractivity (Wildman–Crippen MR) is 65.5 cm³/mol. The van der Waals surface area contributed by atoms with Crippen molar-refractivity contribution in [2.45, 2.75) is 27.7 Å². The van der Waals surface area contributed by atoms with Gasteiger partial charge in [-0.05, 0) is 0 Å². The fraction of sp³-hybridized carbons (Fsp3) is 0.500. The third-order valence-electron chi connectivity index (χ3n) is 0. The van der Waals surface area contributed by atoms with Crippen LogP contribution in [0.25, 0.3) is 0 Å². The third kappa shape index (κ3) is 1660. The fourth-order valence-electron chi connectivity index (χ4n) is 0. The van der Waals surface area contributed by atoms with E-state index in [1.807, 2.05) is 0 Å². The molecule has 0 bridgehead atoms. The Bertz CT molecular complexity index is 289. The molecule has 0 aromatic carbocycles. The van der Waals surface area contributed by atoms with E-state index >= 15 is 0 Å². The number of nitrogens with zero attached hydrogens (tertiary/aromatic N) is 4. The molecule has 0 aromatic rings. The zero-order valence-corrected chi connectivity index (χ0v) is 13.3. The number of halogens is 8. The smallest absolute Gasteiger partial charge is 0.418 e. The van der Waals surface area contributed by atoms with E-state index in [0.717, 1.165) is 0 Å². The van der Waals surface area contributed by atoms with Crippen molar-refractivity contribution >= 4 is 14.5 Å². The molecule has 0 unspecified atom stereocenters. The standard InChI is InChI=1S/4C2H3N.2BF4.Ni/c4*1-2-3;2*2-1(3,4)5;/h4*1H3;;;/q;;;;2*-1;+2. The Hall–Kier alpha value is -1.98. The van der Waals surface area contributed by atoms with Crippen LogP contribution in [0.1, 0.15) is 27.7 Å². The van der Waals surface area contributed by atoms with Gasteiger partial charge in [-0.2, -0.15) is 21.0 Å². The van der Waals surface area contributed by atoms with Crippen LogP contribution in [0.2, 0.25) is 0 Å². The summed E-state index contributed by atoms with van der Waals surface area (Å²) >= 11 is 0. The Morgan fingerprint density at radius 2 is 0.478 bits per heavy atom. The van der Waals surface area contributed by atoms with Crippen molar-refractivity contribution in [2.24, 2.45) is 0 Å². The first kappa shape index (κ1) is 42.9. The molecule has 0 heterocycles. The molecule has 0 saturated heterocycles. The average Bonchev–Trinajstić information content (AvgIpc) is 2.15. The minimum Gasteiger partial charge on any atom is -0.418 e. The minimum atomic E-state index is -6.00. The molecule has 0 atom stereocenters. The summed E-state index contributed by atoms with van der Waals surface area (Å²) in [5, 5.41) is 29.3. The van der Waals surface area contributed by atoms with Gasteiger partial charge in [0.15, 0.2) is 0 Å². The van der Waals surface area contributed by atoms with Gasteiger partial charge in [-0.3, -0.25) is 0 Å². The van der Waals surface area contributed by atoms with Gasteiger partial charge in [-0.25, -0.2) is 0 Å². The molecule has 0 radical (unpaired) electrons. The maximum Gasteiger partial charge on any atom is 2.00 e. The van der Waals surface area contributed by atoms with Crippen molar-refractivity contribution in [3.63, 3.8) is 0 Å². The van der Waals surface area contributed by atoms with Crippen molar-refractivity contribution in [3.8, 4) is 24.3 Å². The van der Waals surface area contributed by atoms with Crippen LogP contribution < -0.4 is 0 Å². The van der Waals surface area contributed by atoms with Gasteiger partial charge in [-0.1, -0.05) is 0 Å². The molecule has 4 nitrogen and oxygen atoms in total. The van der Waals surface area contributed by atoms with Gasteiger partial charge in [-0.15, -0.1) is 0 Å². The first-order valence-electron chi connectivity index (χ1n) is 4.64. The molecule has 15 heteroatoms. The fourth-order valence-corrected chi connectivity index (χ4v) is 0. The van der Waals surface area contributed by atoms with Crippen molar-refractivity contribution in [2.75, 3.05) is 0 Å². The van der Waals surface area contributed by atoms with Gasteiger partial charge >= 0.3 is 31.0 Å². The van der Waals surface area contributed by atoms with Crippen LogP contribution in [0, 0.1) is 45.3 Å². The molecule has 0 N–H and O–H groups in total. The summed E-state index contributed by atoms with van der Waals surface area (Å²) in [5.74, 6) is 0. The molecular weight excluding hydrogens is 384 g/mol. The molecule has 0 aliphatic carbocycles.